The predicted molar refractivity (Wildman–Crippen MR) is 161 cm³/mol. The van der Waals surface area contributed by atoms with E-state index < -0.39 is 11.8 Å². The van der Waals surface area contributed by atoms with Gasteiger partial charge in [0.05, 0.1) is 27.3 Å². The van der Waals surface area contributed by atoms with Crippen molar-refractivity contribution >= 4 is 96.0 Å². The third-order valence-corrected chi connectivity index (χ3v) is 9.06. The van der Waals surface area contributed by atoms with Crippen LogP contribution in [0, 0.1) is 13.8 Å². The van der Waals surface area contributed by atoms with E-state index >= 15 is 0 Å². The Labute approximate surface area is 252 Å². The van der Waals surface area contributed by atoms with Crippen LogP contribution in [0.3, 0.4) is 0 Å². The molecule has 1 aliphatic rings. The highest BCUT2D eigenvalue weighted by Gasteiger charge is 2.35. The first-order valence-electron chi connectivity index (χ1n) is 11.1. The minimum Gasteiger partial charge on any atom is -0.493 e. The molecule has 0 atom stereocenters. The molecule has 0 spiro atoms. The van der Waals surface area contributed by atoms with Crippen molar-refractivity contribution in [2.75, 3.05) is 12.0 Å². The monoisotopic (exact) mass is 696 g/mol. The van der Waals surface area contributed by atoms with E-state index in [0.29, 0.717) is 41.7 Å². The second-order valence-electron chi connectivity index (χ2n) is 8.39. The Hall–Kier alpha value is -2.43. The number of carbonyl (C=O) groups is 2. The Morgan fingerprint density at radius 1 is 1.00 bits per heavy atom. The van der Waals surface area contributed by atoms with Crippen LogP contribution in [-0.2, 0) is 16.2 Å². The van der Waals surface area contributed by atoms with Gasteiger partial charge in [0.2, 0.25) is 0 Å². The van der Waals surface area contributed by atoms with Gasteiger partial charge in [-0.25, -0.2) is 0 Å². The summed E-state index contributed by atoms with van der Waals surface area (Å²) in [6, 6.07) is 12.4. The largest absolute Gasteiger partial charge is 0.493 e. The number of halogens is 4. The van der Waals surface area contributed by atoms with Crippen LogP contribution in [0.25, 0.3) is 6.08 Å². The minimum absolute atomic E-state index is 0.0179. The molecule has 38 heavy (non-hydrogen) atoms. The van der Waals surface area contributed by atoms with Crippen molar-refractivity contribution < 1.29 is 19.1 Å². The van der Waals surface area contributed by atoms with Crippen LogP contribution < -0.4 is 19.7 Å². The number of benzene rings is 3. The van der Waals surface area contributed by atoms with E-state index in [0.717, 1.165) is 16.7 Å². The molecule has 196 valence electrons. The summed E-state index contributed by atoms with van der Waals surface area (Å²) in [4.78, 5) is 27.6. The summed E-state index contributed by atoms with van der Waals surface area (Å²) >= 11 is 24.5. The van der Waals surface area contributed by atoms with Crippen LogP contribution in [0.2, 0.25) is 10.0 Å². The molecule has 11 heteroatoms. The second kappa shape index (κ2) is 11.8. The lowest BCUT2D eigenvalue weighted by Gasteiger charge is -2.29. The molecule has 4 rings (SSSR count). The maximum absolute atomic E-state index is 13.5. The summed E-state index contributed by atoms with van der Waals surface area (Å²) in [5.74, 6) is -0.326. The molecule has 3 aromatic carbocycles. The minimum atomic E-state index is -0.595. The number of nitrogens with one attached hydrogen (secondary N) is 1. The van der Waals surface area contributed by atoms with Crippen LogP contribution in [0.4, 0.5) is 5.69 Å². The van der Waals surface area contributed by atoms with Gasteiger partial charge < -0.3 is 9.47 Å². The van der Waals surface area contributed by atoms with Gasteiger partial charge >= 0.3 is 0 Å². The van der Waals surface area contributed by atoms with Gasteiger partial charge in [0, 0.05) is 4.47 Å². The molecule has 0 saturated carbocycles. The van der Waals surface area contributed by atoms with Crippen molar-refractivity contribution in [2.24, 2.45) is 0 Å². The molecule has 6 nitrogen and oxygen atoms in total. The number of rotatable bonds is 6. The second-order valence-corrected chi connectivity index (χ2v) is 11.2. The van der Waals surface area contributed by atoms with Crippen LogP contribution in [0.5, 0.6) is 11.5 Å². The van der Waals surface area contributed by atoms with Gasteiger partial charge in [-0.05, 0) is 117 Å². The fourth-order valence-corrected chi connectivity index (χ4v) is 5.24. The molecular weight excluding hydrogens is 679 g/mol. The Bertz CT molecular complexity index is 1530. The first-order valence-corrected chi connectivity index (χ1v) is 13.9. The van der Waals surface area contributed by atoms with E-state index in [1.165, 1.54) is 18.1 Å². The Morgan fingerprint density at radius 2 is 1.74 bits per heavy atom. The molecule has 1 N–H and O–H groups in total. The van der Waals surface area contributed by atoms with Crippen molar-refractivity contribution in [1.29, 1.82) is 0 Å². The van der Waals surface area contributed by atoms with Crippen molar-refractivity contribution in [3.8, 4) is 11.5 Å². The molecule has 1 heterocycles. The number of anilines is 1. The number of ether oxygens (including phenoxy) is 2. The van der Waals surface area contributed by atoms with E-state index in [1.54, 1.807) is 30.3 Å². The molecule has 1 aliphatic heterocycles. The Balaban J connectivity index is 1.69. The third kappa shape index (κ3) is 5.77. The fraction of sp³-hybridized carbons (Fsp3) is 0.148. The zero-order valence-electron chi connectivity index (χ0n) is 20.3. The molecule has 0 aliphatic carbocycles. The molecule has 3 aromatic rings. The predicted octanol–water partition coefficient (Wildman–Crippen LogP) is 7.55. The first kappa shape index (κ1) is 28.6. The summed E-state index contributed by atoms with van der Waals surface area (Å²) in [5, 5.41) is 3.50. The maximum atomic E-state index is 13.5. The lowest BCUT2D eigenvalue weighted by molar-refractivity contribution is -0.122. The number of methoxy groups -OCH3 is 1. The summed E-state index contributed by atoms with van der Waals surface area (Å²) in [6.07, 6.45) is 1.48. The van der Waals surface area contributed by atoms with E-state index in [2.05, 4.69) is 37.2 Å². The highest BCUT2D eigenvalue weighted by molar-refractivity contribution is 9.13. The van der Waals surface area contributed by atoms with Crippen molar-refractivity contribution in [3.05, 3.63) is 89.3 Å². The summed E-state index contributed by atoms with van der Waals surface area (Å²) < 4.78 is 12.7. The van der Waals surface area contributed by atoms with E-state index in [1.807, 2.05) is 26.0 Å². The molecule has 2 amide bonds. The molecule has 0 unspecified atom stereocenters. The SMILES string of the molecule is COc1cc(/C=C2\C(=O)NC(=S)N(c3ccc(C)c(C)c3)C2=O)c(Br)c(Br)c1OCc1ccc(Cl)c(Cl)c1. The number of nitrogens with zero attached hydrogens (tertiary/aromatic N) is 1. The molecule has 1 fully saturated rings. The molecule has 0 aromatic heterocycles. The van der Waals surface area contributed by atoms with E-state index in [9.17, 15) is 9.59 Å². The number of thiocarbonyl (C=S) groups is 1. The number of hydrogen-bond donors (Lipinski definition) is 1. The van der Waals surface area contributed by atoms with Gasteiger partial charge in [-0.2, -0.15) is 0 Å². The lowest BCUT2D eigenvalue weighted by Crippen LogP contribution is -2.54. The Kier molecular flexibility index (Phi) is 8.84. The number of aryl methyl sites for hydroxylation is 2. The van der Waals surface area contributed by atoms with Gasteiger partial charge in [-0.3, -0.25) is 19.8 Å². The lowest BCUT2D eigenvalue weighted by atomic mass is 10.0. The van der Waals surface area contributed by atoms with E-state index in [-0.39, 0.29) is 17.3 Å². The zero-order chi connectivity index (χ0) is 27.7. The van der Waals surface area contributed by atoms with Crippen LogP contribution in [0.1, 0.15) is 22.3 Å². The summed E-state index contributed by atoms with van der Waals surface area (Å²) in [5.41, 5.74) is 3.87. The smallest absolute Gasteiger partial charge is 0.270 e. The molecule has 0 bridgehead atoms. The number of amides is 2. The first-order chi connectivity index (χ1) is 18.0. The highest BCUT2D eigenvalue weighted by Crippen LogP contribution is 2.44. The fourth-order valence-electron chi connectivity index (χ4n) is 3.69. The quantitative estimate of drug-likeness (QED) is 0.164. The maximum Gasteiger partial charge on any atom is 0.270 e. The van der Waals surface area contributed by atoms with Crippen LogP contribution in [-0.4, -0.2) is 24.0 Å². The zero-order valence-corrected chi connectivity index (χ0v) is 25.8. The normalized spacial score (nSPS) is 14.7. The Morgan fingerprint density at radius 3 is 2.39 bits per heavy atom. The van der Waals surface area contributed by atoms with Gasteiger partial charge in [0.15, 0.2) is 16.6 Å². The summed E-state index contributed by atoms with van der Waals surface area (Å²) in [7, 11) is 1.50. The van der Waals surface area contributed by atoms with Crippen molar-refractivity contribution in [1.82, 2.24) is 5.32 Å². The summed E-state index contributed by atoms with van der Waals surface area (Å²) in [6.45, 7) is 4.11. The topological polar surface area (TPSA) is 67.9 Å². The standard InChI is InChI=1S/C27H20Br2Cl2N2O4S/c1-13-4-6-17(8-14(13)2)33-26(35)18(25(34)32-27(33)38)10-16-11-21(36-3)24(23(29)22(16)28)37-12-15-5-7-19(30)20(31)9-15/h4-11H,12H2,1-3H3,(H,32,34,38)/b18-10+. The average molecular weight is 699 g/mol. The molecular formula is C27H20Br2Cl2N2O4S. The van der Waals surface area contributed by atoms with E-state index in [4.69, 9.17) is 44.9 Å². The van der Waals surface area contributed by atoms with Gasteiger partial charge in [-0.15, -0.1) is 0 Å². The van der Waals surface area contributed by atoms with Gasteiger partial charge in [0.25, 0.3) is 11.8 Å². The number of carbonyl (C=O) groups excluding carboxylic acids is 2. The van der Waals surface area contributed by atoms with Crippen molar-refractivity contribution in [2.45, 2.75) is 20.5 Å². The van der Waals surface area contributed by atoms with Crippen molar-refractivity contribution in [3.63, 3.8) is 0 Å². The van der Waals surface area contributed by atoms with Crippen LogP contribution in [0.15, 0.2) is 57.0 Å². The van der Waals surface area contributed by atoms with Gasteiger partial charge in [-0.1, -0.05) is 35.3 Å². The molecule has 1 saturated heterocycles. The highest BCUT2D eigenvalue weighted by atomic mass is 79.9. The number of hydrogen-bond acceptors (Lipinski definition) is 5. The molecule has 0 radical (unpaired) electrons. The average Bonchev–Trinajstić information content (AvgIpc) is 2.87. The van der Waals surface area contributed by atoms with Crippen LogP contribution >= 0.6 is 67.3 Å². The van der Waals surface area contributed by atoms with Gasteiger partial charge in [0.1, 0.15) is 12.2 Å². The third-order valence-electron chi connectivity index (χ3n) is 5.89.